The standard InChI is InChI=1S/C5H9N3O3S3/c6-4-7-8-5(13-4)12-2-1-3-14(9,10)11/h1-3H2,(H2,6,7)(H,9,10,11). The van der Waals surface area contributed by atoms with Gasteiger partial charge in [0.2, 0.25) is 5.13 Å². The molecule has 0 aliphatic heterocycles. The fourth-order valence-electron chi connectivity index (χ4n) is 0.680. The molecule has 0 amide bonds. The molecule has 6 nitrogen and oxygen atoms in total. The van der Waals surface area contributed by atoms with Gasteiger partial charge in [0.25, 0.3) is 10.1 Å². The van der Waals surface area contributed by atoms with Gasteiger partial charge in [0.05, 0.1) is 5.75 Å². The van der Waals surface area contributed by atoms with Crippen molar-refractivity contribution in [3.8, 4) is 0 Å². The molecule has 0 fully saturated rings. The molecule has 0 atom stereocenters. The lowest BCUT2D eigenvalue weighted by atomic mass is 10.6. The summed E-state index contributed by atoms with van der Waals surface area (Å²) in [7, 11) is -3.84. The zero-order valence-electron chi connectivity index (χ0n) is 7.08. The second-order valence-electron chi connectivity index (χ2n) is 2.39. The molecule has 0 aromatic carbocycles. The van der Waals surface area contributed by atoms with E-state index in [-0.39, 0.29) is 5.75 Å². The lowest BCUT2D eigenvalue weighted by Gasteiger charge is -1.95. The molecule has 0 radical (unpaired) electrons. The molecular formula is C5H9N3O3S3. The Bertz CT molecular complexity index is 388. The van der Waals surface area contributed by atoms with Crippen molar-refractivity contribution in [3.63, 3.8) is 0 Å². The van der Waals surface area contributed by atoms with Crippen molar-refractivity contribution in [3.05, 3.63) is 0 Å². The summed E-state index contributed by atoms with van der Waals surface area (Å²) in [5.74, 6) is 0.336. The predicted octanol–water partition coefficient (Wildman–Crippen LogP) is 0.490. The van der Waals surface area contributed by atoms with E-state index in [1.807, 2.05) is 0 Å². The summed E-state index contributed by atoms with van der Waals surface area (Å²) in [5.41, 5.74) is 5.35. The van der Waals surface area contributed by atoms with E-state index in [1.54, 1.807) is 0 Å². The molecule has 0 aliphatic rings. The van der Waals surface area contributed by atoms with E-state index < -0.39 is 10.1 Å². The normalized spacial score (nSPS) is 11.8. The number of nitrogens with zero attached hydrogens (tertiary/aromatic N) is 2. The summed E-state index contributed by atoms with van der Waals surface area (Å²) in [6.45, 7) is 0. The van der Waals surface area contributed by atoms with Gasteiger partial charge in [0, 0.05) is 5.75 Å². The second kappa shape index (κ2) is 4.91. The van der Waals surface area contributed by atoms with Crippen molar-refractivity contribution in [2.75, 3.05) is 17.2 Å². The van der Waals surface area contributed by atoms with Crippen LogP contribution in [0.15, 0.2) is 4.34 Å². The Morgan fingerprint density at radius 1 is 1.50 bits per heavy atom. The zero-order chi connectivity index (χ0) is 10.6. The van der Waals surface area contributed by atoms with E-state index >= 15 is 0 Å². The molecule has 0 aliphatic carbocycles. The summed E-state index contributed by atoms with van der Waals surface area (Å²) >= 11 is 2.62. The van der Waals surface area contributed by atoms with Gasteiger partial charge in [-0.1, -0.05) is 23.1 Å². The molecule has 1 heterocycles. The second-order valence-corrected chi connectivity index (χ2v) is 6.32. The highest BCUT2D eigenvalue weighted by Crippen LogP contribution is 2.23. The average molecular weight is 255 g/mol. The summed E-state index contributed by atoms with van der Waals surface area (Å²) in [5, 5.41) is 7.74. The Labute approximate surface area is 89.7 Å². The summed E-state index contributed by atoms with van der Waals surface area (Å²) < 4.78 is 29.8. The van der Waals surface area contributed by atoms with E-state index in [2.05, 4.69) is 10.2 Å². The molecular weight excluding hydrogens is 246 g/mol. The molecule has 0 bridgehead atoms. The molecule has 1 rings (SSSR count). The van der Waals surface area contributed by atoms with Gasteiger partial charge in [-0.3, -0.25) is 4.55 Å². The van der Waals surface area contributed by atoms with E-state index in [1.165, 1.54) is 23.1 Å². The molecule has 0 saturated carbocycles. The highest BCUT2D eigenvalue weighted by molar-refractivity contribution is 8.01. The van der Waals surface area contributed by atoms with Crippen LogP contribution in [-0.4, -0.2) is 34.7 Å². The van der Waals surface area contributed by atoms with Crippen LogP contribution in [0.25, 0.3) is 0 Å². The average Bonchev–Trinajstić information content (AvgIpc) is 2.44. The fraction of sp³-hybridized carbons (Fsp3) is 0.600. The number of aromatic nitrogens is 2. The topological polar surface area (TPSA) is 106 Å². The number of rotatable bonds is 5. The lowest BCUT2D eigenvalue weighted by molar-refractivity contribution is 0.482. The van der Waals surface area contributed by atoms with E-state index in [0.29, 0.717) is 21.6 Å². The largest absolute Gasteiger partial charge is 0.374 e. The summed E-state index contributed by atoms with van der Waals surface area (Å²) in [4.78, 5) is 0. The van der Waals surface area contributed by atoms with Crippen molar-refractivity contribution < 1.29 is 13.0 Å². The minimum Gasteiger partial charge on any atom is -0.374 e. The highest BCUT2D eigenvalue weighted by atomic mass is 32.2. The van der Waals surface area contributed by atoms with Gasteiger partial charge in [-0.2, -0.15) is 8.42 Å². The van der Waals surface area contributed by atoms with Gasteiger partial charge < -0.3 is 5.73 Å². The van der Waals surface area contributed by atoms with E-state index in [4.69, 9.17) is 10.3 Å². The molecule has 0 spiro atoms. The monoisotopic (exact) mass is 255 g/mol. The van der Waals surface area contributed by atoms with Crippen LogP contribution >= 0.6 is 23.1 Å². The third-order valence-electron chi connectivity index (χ3n) is 1.19. The van der Waals surface area contributed by atoms with Gasteiger partial charge in [-0.05, 0) is 6.42 Å². The Hall–Kier alpha value is -0.380. The molecule has 1 aromatic rings. The van der Waals surface area contributed by atoms with Crippen LogP contribution in [0, 0.1) is 0 Å². The number of hydrogen-bond acceptors (Lipinski definition) is 7. The van der Waals surface area contributed by atoms with Gasteiger partial charge in [0.15, 0.2) is 4.34 Å². The van der Waals surface area contributed by atoms with Crippen molar-refractivity contribution >= 4 is 38.3 Å². The maximum absolute atomic E-state index is 10.3. The first kappa shape index (κ1) is 11.7. The number of hydrogen-bond donors (Lipinski definition) is 2. The molecule has 0 saturated heterocycles. The lowest BCUT2D eigenvalue weighted by Crippen LogP contribution is -2.04. The van der Waals surface area contributed by atoms with Crippen molar-refractivity contribution in [1.29, 1.82) is 0 Å². The van der Waals surface area contributed by atoms with Crippen LogP contribution in [0.5, 0.6) is 0 Å². The quantitative estimate of drug-likeness (QED) is 0.448. The zero-order valence-corrected chi connectivity index (χ0v) is 9.53. The number of thioether (sulfide) groups is 1. The minimum absolute atomic E-state index is 0.228. The number of nitrogen functional groups attached to an aromatic ring is 1. The third-order valence-corrected chi connectivity index (χ3v) is 3.97. The first-order valence-electron chi connectivity index (χ1n) is 3.64. The highest BCUT2D eigenvalue weighted by Gasteiger charge is 2.05. The molecule has 0 unspecified atom stereocenters. The SMILES string of the molecule is Nc1nnc(SCCCS(=O)(=O)O)s1. The fourth-order valence-corrected chi connectivity index (χ4v) is 3.02. The molecule has 9 heteroatoms. The summed E-state index contributed by atoms with van der Waals surface area (Å²) in [6, 6.07) is 0. The smallest absolute Gasteiger partial charge is 0.264 e. The molecule has 14 heavy (non-hydrogen) atoms. The Kier molecular flexibility index (Phi) is 4.11. The summed E-state index contributed by atoms with van der Waals surface area (Å²) in [6.07, 6.45) is 0.378. The van der Waals surface area contributed by atoms with Gasteiger partial charge in [0.1, 0.15) is 0 Å². The van der Waals surface area contributed by atoms with Crippen LogP contribution in [-0.2, 0) is 10.1 Å². The molecule has 1 aromatic heterocycles. The number of anilines is 1. The van der Waals surface area contributed by atoms with E-state index in [0.717, 1.165) is 0 Å². The van der Waals surface area contributed by atoms with Crippen LogP contribution < -0.4 is 5.73 Å². The first-order chi connectivity index (χ1) is 6.47. The van der Waals surface area contributed by atoms with Crippen LogP contribution in [0.4, 0.5) is 5.13 Å². The minimum atomic E-state index is -3.84. The Balaban J connectivity index is 2.23. The van der Waals surface area contributed by atoms with Crippen LogP contribution in [0.1, 0.15) is 6.42 Å². The maximum atomic E-state index is 10.3. The van der Waals surface area contributed by atoms with E-state index in [9.17, 15) is 8.42 Å². The maximum Gasteiger partial charge on any atom is 0.264 e. The first-order valence-corrected chi connectivity index (χ1v) is 7.05. The van der Waals surface area contributed by atoms with Gasteiger partial charge in [-0.15, -0.1) is 10.2 Å². The molecule has 80 valence electrons. The Morgan fingerprint density at radius 3 is 2.71 bits per heavy atom. The van der Waals surface area contributed by atoms with Crippen molar-refractivity contribution in [2.45, 2.75) is 10.8 Å². The third kappa shape index (κ3) is 4.74. The van der Waals surface area contributed by atoms with Crippen molar-refractivity contribution in [2.24, 2.45) is 0 Å². The van der Waals surface area contributed by atoms with Crippen LogP contribution in [0.2, 0.25) is 0 Å². The van der Waals surface area contributed by atoms with Gasteiger partial charge >= 0.3 is 0 Å². The Morgan fingerprint density at radius 2 is 2.21 bits per heavy atom. The van der Waals surface area contributed by atoms with Crippen LogP contribution in [0.3, 0.4) is 0 Å². The van der Waals surface area contributed by atoms with Crippen molar-refractivity contribution in [1.82, 2.24) is 10.2 Å². The predicted molar refractivity (Wildman–Crippen MR) is 56.1 cm³/mol. The van der Waals surface area contributed by atoms with Gasteiger partial charge in [-0.25, -0.2) is 0 Å². The molecule has 3 N–H and O–H groups in total. The number of nitrogens with two attached hydrogens (primary N) is 1.